The number of carbonyl (C=O) groups excluding carboxylic acids is 1. The molecular formula is C32H27F7N8O3S2. The summed E-state index contributed by atoms with van der Waals surface area (Å²) in [6, 6.07) is 6.28. The van der Waals surface area contributed by atoms with Gasteiger partial charge in [-0.1, -0.05) is 23.9 Å². The van der Waals surface area contributed by atoms with E-state index in [-0.39, 0.29) is 40.6 Å². The zero-order valence-electron chi connectivity index (χ0n) is 27.3. The summed E-state index contributed by atoms with van der Waals surface area (Å²) in [5, 5.41) is 10.9. The molecule has 274 valence electrons. The molecule has 7 rings (SSSR count). The molecule has 11 nitrogen and oxygen atoms in total. The van der Waals surface area contributed by atoms with Crippen molar-refractivity contribution in [2.45, 2.75) is 48.6 Å². The average molecular weight is 769 g/mol. The van der Waals surface area contributed by atoms with Crippen LogP contribution in [0.3, 0.4) is 0 Å². The Kier molecular flexibility index (Phi) is 8.54. The summed E-state index contributed by atoms with van der Waals surface area (Å²) in [6.45, 7) is -1.03. The van der Waals surface area contributed by atoms with Gasteiger partial charge in [0.1, 0.15) is 23.9 Å². The Labute approximate surface area is 295 Å². The second kappa shape index (κ2) is 12.5. The van der Waals surface area contributed by atoms with Crippen LogP contribution in [0.5, 0.6) is 0 Å². The standard InChI is InChI=1S/C32H27F7N8O3S2/c1-46-26-17(5-4-6-18(26)29(44-46)45-52(3,49)50)20-12-40-30(51-2)42-25(20)22(9-14-7-15(33)10-16(34)8-14)41-23(48)13-47-28-24(27(43-47)32(37,38)39)19-11-21(19)31(28,35)36/h4-8,10,12,19,21-22H,9,11,13H2,1-3H3,(H,41,48)(H,44,45)/t19-,21+,22-/m0/s1. The highest BCUT2D eigenvalue weighted by molar-refractivity contribution is 7.98. The average Bonchev–Trinajstić information content (AvgIpc) is 3.59. The minimum Gasteiger partial charge on any atom is -0.346 e. The van der Waals surface area contributed by atoms with E-state index in [0.29, 0.717) is 27.2 Å². The number of para-hydroxylation sites is 1. The highest BCUT2D eigenvalue weighted by atomic mass is 32.2. The summed E-state index contributed by atoms with van der Waals surface area (Å²) in [6.07, 6.45) is -1.44. The molecule has 2 aliphatic carbocycles. The smallest absolute Gasteiger partial charge is 0.346 e. The van der Waals surface area contributed by atoms with Crippen molar-refractivity contribution in [3.05, 3.63) is 82.4 Å². The van der Waals surface area contributed by atoms with Crippen molar-refractivity contribution in [3.63, 3.8) is 0 Å². The van der Waals surface area contributed by atoms with Crippen molar-refractivity contribution in [1.29, 1.82) is 0 Å². The molecule has 5 aromatic rings. The van der Waals surface area contributed by atoms with E-state index in [9.17, 15) is 35.2 Å². The lowest BCUT2D eigenvalue weighted by atomic mass is 9.95. The zero-order valence-corrected chi connectivity index (χ0v) is 28.9. The van der Waals surface area contributed by atoms with E-state index in [1.54, 1.807) is 31.5 Å². The highest BCUT2D eigenvalue weighted by Crippen LogP contribution is 2.68. The number of thioether (sulfide) groups is 1. The Morgan fingerprint density at radius 1 is 1.12 bits per heavy atom. The van der Waals surface area contributed by atoms with Crippen LogP contribution in [-0.2, 0) is 46.9 Å². The van der Waals surface area contributed by atoms with Crippen molar-refractivity contribution >= 4 is 44.4 Å². The normalized spacial score (nSPS) is 18.3. The summed E-state index contributed by atoms with van der Waals surface area (Å²) in [5.41, 5.74) is -1.81. The Bertz CT molecular complexity index is 2360. The van der Waals surface area contributed by atoms with Crippen molar-refractivity contribution in [1.82, 2.24) is 34.8 Å². The van der Waals surface area contributed by atoms with Gasteiger partial charge in [0.15, 0.2) is 16.7 Å². The number of halogens is 7. The number of benzene rings is 2. The maximum absolute atomic E-state index is 15.3. The Hall–Kier alpha value is -4.72. The molecule has 0 saturated heterocycles. The van der Waals surface area contributed by atoms with Crippen LogP contribution in [0.15, 0.2) is 47.8 Å². The second-order valence-corrected chi connectivity index (χ2v) is 15.2. The molecule has 3 aromatic heterocycles. The molecule has 52 heavy (non-hydrogen) atoms. The van der Waals surface area contributed by atoms with Gasteiger partial charge >= 0.3 is 6.18 Å². The molecule has 0 radical (unpaired) electrons. The predicted octanol–water partition coefficient (Wildman–Crippen LogP) is 5.93. The summed E-state index contributed by atoms with van der Waals surface area (Å²) >= 11 is 1.12. The molecule has 2 aromatic carbocycles. The fraction of sp³-hybridized carbons (Fsp3) is 0.344. The number of aromatic nitrogens is 6. The fourth-order valence-corrected chi connectivity index (χ4v) is 7.75. The number of sulfonamides is 1. The van der Waals surface area contributed by atoms with Crippen molar-refractivity contribution < 1.29 is 43.9 Å². The zero-order chi connectivity index (χ0) is 37.5. The predicted molar refractivity (Wildman–Crippen MR) is 175 cm³/mol. The number of fused-ring (bicyclic) bond motifs is 4. The van der Waals surface area contributed by atoms with Crippen molar-refractivity contribution in [2.75, 3.05) is 17.2 Å². The molecule has 1 amide bonds. The van der Waals surface area contributed by atoms with Gasteiger partial charge in [-0.15, -0.1) is 0 Å². The lowest BCUT2D eigenvalue weighted by molar-refractivity contribution is -0.142. The molecule has 3 atom stereocenters. The number of nitrogens with one attached hydrogen (secondary N) is 2. The van der Waals surface area contributed by atoms with Gasteiger partial charge in [-0.25, -0.2) is 27.2 Å². The van der Waals surface area contributed by atoms with Gasteiger partial charge < -0.3 is 5.32 Å². The third-order valence-electron chi connectivity index (χ3n) is 8.94. The first-order valence-electron chi connectivity index (χ1n) is 15.5. The SMILES string of the molecule is CSc1ncc(-c2cccc3c(NS(C)(=O)=O)nn(C)c23)c([C@H](Cc2cc(F)cc(F)c2)NC(=O)Cn2nc(C(F)(F)F)c3c2C(F)(F)[C@@H]2C[C@H]32)n1. The van der Waals surface area contributed by atoms with E-state index in [1.807, 2.05) is 0 Å². The number of hydrogen-bond acceptors (Lipinski definition) is 8. The summed E-state index contributed by atoms with van der Waals surface area (Å²) in [5.74, 6) is -8.85. The summed E-state index contributed by atoms with van der Waals surface area (Å²) < 4.78 is 129. The molecule has 0 aliphatic heterocycles. The van der Waals surface area contributed by atoms with Crippen LogP contribution in [0.4, 0.5) is 36.6 Å². The molecule has 1 fully saturated rings. The van der Waals surface area contributed by atoms with Gasteiger partial charge in [0.05, 0.1) is 23.5 Å². The fourth-order valence-electron chi connectivity index (χ4n) is 6.90. The first-order valence-corrected chi connectivity index (χ1v) is 18.6. The molecular weight excluding hydrogens is 742 g/mol. The van der Waals surface area contributed by atoms with E-state index in [4.69, 9.17) is 0 Å². The van der Waals surface area contributed by atoms with Crippen LogP contribution in [0.2, 0.25) is 0 Å². The number of aryl methyl sites for hydroxylation is 1. The summed E-state index contributed by atoms with van der Waals surface area (Å²) in [4.78, 5) is 22.7. The van der Waals surface area contributed by atoms with Crippen LogP contribution < -0.4 is 10.0 Å². The van der Waals surface area contributed by atoms with E-state index in [0.717, 1.165) is 30.2 Å². The Balaban J connectivity index is 1.33. The number of carbonyl (C=O) groups is 1. The molecule has 2 N–H and O–H groups in total. The van der Waals surface area contributed by atoms with Crippen LogP contribution in [0.1, 0.15) is 46.6 Å². The molecule has 0 unspecified atom stereocenters. The Morgan fingerprint density at radius 2 is 1.83 bits per heavy atom. The van der Waals surface area contributed by atoms with Crippen LogP contribution in [-0.4, -0.2) is 56.4 Å². The van der Waals surface area contributed by atoms with Crippen molar-refractivity contribution in [2.24, 2.45) is 13.0 Å². The molecule has 3 heterocycles. The number of amides is 1. The molecule has 0 bridgehead atoms. The minimum absolute atomic E-state index is 0.0181. The van der Waals surface area contributed by atoms with Gasteiger partial charge in [-0.05, 0) is 48.8 Å². The largest absolute Gasteiger partial charge is 0.435 e. The molecule has 2 aliphatic rings. The van der Waals surface area contributed by atoms with E-state index in [1.165, 1.54) is 10.9 Å². The van der Waals surface area contributed by atoms with Gasteiger partial charge in [0, 0.05) is 47.3 Å². The van der Waals surface area contributed by atoms with Crippen molar-refractivity contribution in [3.8, 4) is 11.1 Å². The molecule has 1 saturated carbocycles. The van der Waals surface area contributed by atoms with Gasteiger partial charge in [-0.3, -0.25) is 18.9 Å². The number of alkyl halides is 5. The molecule has 20 heteroatoms. The Morgan fingerprint density at radius 3 is 2.48 bits per heavy atom. The number of rotatable bonds is 10. The highest BCUT2D eigenvalue weighted by Gasteiger charge is 2.68. The van der Waals surface area contributed by atoms with E-state index in [2.05, 4.69) is 30.2 Å². The number of hydrogen-bond donors (Lipinski definition) is 2. The third-order valence-corrected chi connectivity index (χ3v) is 10.1. The maximum Gasteiger partial charge on any atom is 0.435 e. The first kappa shape index (κ1) is 35.7. The van der Waals surface area contributed by atoms with E-state index < -0.39 is 81.0 Å². The quantitative estimate of drug-likeness (QED) is 0.102. The topological polar surface area (TPSA) is 137 Å². The lowest BCUT2D eigenvalue weighted by Gasteiger charge is -2.23. The lowest BCUT2D eigenvalue weighted by Crippen LogP contribution is -2.35. The second-order valence-electron chi connectivity index (χ2n) is 12.6. The third kappa shape index (κ3) is 6.45. The maximum atomic E-state index is 15.3. The first-order chi connectivity index (χ1) is 24.4. The van der Waals surface area contributed by atoms with Crippen LogP contribution in [0, 0.1) is 17.6 Å². The number of nitrogens with zero attached hydrogens (tertiary/aromatic N) is 6. The summed E-state index contributed by atoms with van der Waals surface area (Å²) in [7, 11) is -2.18. The van der Waals surface area contributed by atoms with E-state index >= 15 is 8.78 Å². The minimum atomic E-state index is -5.04. The van der Waals surface area contributed by atoms with Crippen LogP contribution in [0.25, 0.3) is 22.0 Å². The van der Waals surface area contributed by atoms with Crippen LogP contribution >= 0.6 is 11.8 Å². The van der Waals surface area contributed by atoms with Gasteiger partial charge in [0.2, 0.25) is 15.9 Å². The van der Waals surface area contributed by atoms with Gasteiger partial charge in [0.25, 0.3) is 5.92 Å². The molecule has 0 spiro atoms. The number of anilines is 1. The monoisotopic (exact) mass is 768 g/mol. The van der Waals surface area contributed by atoms with Gasteiger partial charge in [-0.2, -0.15) is 32.1 Å².